The summed E-state index contributed by atoms with van der Waals surface area (Å²) in [4.78, 5) is 4.51. The monoisotopic (exact) mass is 279 g/mol. The summed E-state index contributed by atoms with van der Waals surface area (Å²) >= 11 is 1.57. The molecule has 2 N–H and O–H groups in total. The summed E-state index contributed by atoms with van der Waals surface area (Å²) in [5.74, 6) is 0.532. The molecule has 1 aliphatic heterocycles. The van der Waals surface area contributed by atoms with E-state index in [1.807, 2.05) is 0 Å². The van der Waals surface area contributed by atoms with Crippen LogP contribution in [-0.4, -0.2) is 24.6 Å². The summed E-state index contributed by atoms with van der Waals surface area (Å²) in [7, 11) is 0. The Morgan fingerprint density at radius 2 is 2.42 bits per heavy atom. The van der Waals surface area contributed by atoms with Crippen molar-refractivity contribution in [3.63, 3.8) is 0 Å². The SMILES string of the molecule is Fc1ccc2nc(CNCC3CCCNC3)sc2c1. The van der Waals surface area contributed by atoms with Gasteiger partial charge in [0.2, 0.25) is 0 Å². The van der Waals surface area contributed by atoms with Gasteiger partial charge in [-0.15, -0.1) is 11.3 Å². The van der Waals surface area contributed by atoms with E-state index >= 15 is 0 Å². The molecule has 0 amide bonds. The van der Waals surface area contributed by atoms with Crippen molar-refractivity contribution in [3.8, 4) is 0 Å². The van der Waals surface area contributed by atoms with E-state index < -0.39 is 0 Å². The molecule has 3 nitrogen and oxygen atoms in total. The lowest BCUT2D eigenvalue weighted by Crippen LogP contribution is -2.35. The minimum atomic E-state index is -0.191. The minimum absolute atomic E-state index is 0.191. The van der Waals surface area contributed by atoms with E-state index in [1.165, 1.54) is 18.9 Å². The minimum Gasteiger partial charge on any atom is -0.316 e. The fraction of sp³-hybridized carbons (Fsp3) is 0.500. The molecule has 102 valence electrons. The fourth-order valence-electron chi connectivity index (χ4n) is 2.50. The topological polar surface area (TPSA) is 37.0 Å². The third-order valence-corrected chi connectivity index (χ3v) is 4.52. The van der Waals surface area contributed by atoms with E-state index in [9.17, 15) is 4.39 Å². The van der Waals surface area contributed by atoms with Gasteiger partial charge in [0.25, 0.3) is 0 Å². The molecule has 1 aromatic heterocycles. The Morgan fingerprint density at radius 3 is 3.26 bits per heavy atom. The molecule has 2 heterocycles. The molecular weight excluding hydrogens is 261 g/mol. The van der Waals surface area contributed by atoms with Gasteiger partial charge in [0.15, 0.2) is 0 Å². The number of fused-ring (bicyclic) bond motifs is 1. The molecule has 0 spiro atoms. The molecule has 1 fully saturated rings. The summed E-state index contributed by atoms with van der Waals surface area (Å²) in [6, 6.07) is 4.77. The van der Waals surface area contributed by atoms with E-state index in [4.69, 9.17) is 0 Å². The Balaban J connectivity index is 1.56. The van der Waals surface area contributed by atoms with Crippen molar-refractivity contribution in [2.45, 2.75) is 19.4 Å². The van der Waals surface area contributed by atoms with Crippen molar-refractivity contribution < 1.29 is 4.39 Å². The van der Waals surface area contributed by atoms with Crippen LogP contribution in [0.4, 0.5) is 4.39 Å². The van der Waals surface area contributed by atoms with E-state index in [1.54, 1.807) is 23.5 Å². The molecule has 1 atom stereocenters. The molecule has 1 saturated heterocycles. The van der Waals surface area contributed by atoms with Crippen molar-refractivity contribution in [2.75, 3.05) is 19.6 Å². The lowest BCUT2D eigenvalue weighted by atomic mass is 10.00. The third-order valence-electron chi connectivity index (χ3n) is 3.50. The van der Waals surface area contributed by atoms with Crippen LogP contribution in [0, 0.1) is 11.7 Å². The Morgan fingerprint density at radius 1 is 1.47 bits per heavy atom. The maximum absolute atomic E-state index is 13.1. The third kappa shape index (κ3) is 3.29. The van der Waals surface area contributed by atoms with Crippen LogP contribution in [0.2, 0.25) is 0 Å². The highest BCUT2D eigenvalue weighted by atomic mass is 32.1. The lowest BCUT2D eigenvalue weighted by Gasteiger charge is -2.22. The van der Waals surface area contributed by atoms with Gasteiger partial charge in [-0.2, -0.15) is 0 Å². The van der Waals surface area contributed by atoms with Crippen LogP contribution in [0.25, 0.3) is 10.2 Å². The largest absolute Gasteiger partial charge is 0.316 e. The first-order chi connectivity index (χ1) is 9.31. The maximum atomic E-state index is 13.1. The summed E-state index contributed by atoms with van der Waals surface area (Å²) < 4.78 is 14.0. The smallest absolute Gasteiger partial charge is 0.124 e. The van der Waals surface area contributed by atoms with Crippen molar-refractivity contribution >= 4 is 21.6 Å². The number of nitrogens with zero attached hydrogens (tertiary/aromatic N) is 1. The van der Waals surface area contributed by atoms with E-state index in [0.717, 1.165) is 47.3 Å². The molecule has 3 rings (SSSR count). The highest BCUT2D eigenvalue weighted by molar-refractivity contribution is 7.18. The van der Waals surface area contributed by atoms with Gasteiger partial charge >= 0.3 is 0 Å². The van der Waals surface area contributed by atoms with Crippen molar-refractivity contribution in [3.05, 3.63) is 29.0 Å². The molecule has 0 bridgehead atoms. The molecule has 5 heteroatoms. The van der Waals surface area contributed by atoms with Crippen LogP contribution in [-0.2, 0) is 6.54 Å². The molecular formula is C14H18FN3S. The number of piperidine rings is 1. The zero-order valence-corrected chi connectivity index (χ0v) is 11.6. The zero-order valence-electron chi connectivity index (χ0n) is 10.8. The predicted octanol–water partition coefficient (Wildman–Crippen LogP) is 2.52. The number of hydrogen-bond acceptors (Lipinski definition) is 4. The molecule has 19 heavy (non-hydrogen) atoms. The van der Waals surface area contributed by atoms with Gasteiger partial charge in [-0.3, -0.25) is 0 Å². The van der Waals surface area contributed by atoms with Crippen molar-refractivity contribution in [1.82, 2.24) is 15.6 Å². The molecule has 1 aromatic carbocycles. The van der Waals surface area contributed by atoms with Gasteiger partial charge in [0, 0.05) is 6.54 Å². The van der Waals surface area contributed by atoms with Gasteiger partial charge in [-0.1, -0.05) is 0 Å². The van der Waals surface area contributed by atoms with Crippen LogP contribution in [0.3, 0.4) is 0 Å². The second-order valence-corrected chi connectivity index (χ2v) is 6.18. The Bertz CT molecular complexity index is 549. The van der Waals surface area contributed by atoms with Crippen molar-refractivity contribution in [1.29, 1.82) is 0 Å². The second-order valence-electron chi connectivity index (χ2n) is 5.06. The van der Waals surface area contributed by atoms with Crippen LogP contribution in [0.15, 0.2) is 18.2 Å². The normalized spacial score (nSPS) is 19.9. The molecule has 2 aromatic rings. The highest BCUT2D eigenvalue weighted by Gasteiger charge is 2.12. The van der Waals surface area contributed by atoms with E-state index in [0.29, 0.717) is 0 Å². The molecule has 0 aliphatic carbocycles. The number of benzene rings is 1. The van der Waals surface area contributed by atoms with Gasteiger partial charge in [-0.25, -0.2) is 9.37 Å². The molecule has 0 saturated carbocycles. The number of thiazole rings is 1. The molecule has 1 unspecified atom stereocenters. The van der Waals surface area contributed by atoms with Crippen LogP contribution in [0.5, 0.6) is 0 Å². The number of halogens is 1. The second kappa shape index (κ2) is 5.94. The van der Waals surface area contributed by atoms with E-state index in [2.05, 4.69) is 15.6 Å². The first-order valence-corrected chi connectivity index (χ1v) is 7.59. The Kier molecular flexibility index (Phi) is 4.06. The first kappa shape index (κ1) is 13.0. The number of aromatic nitrogens is 1. The maximum Gasteiger partial charge on any atom is 0.124 e. The van der Waals surface area contributed by atoms with Gasteiger partial charge in [-0.05, 0) is 56.6 Å². The van der Waals surface area contributed by atoms with Gasteiger partial charge in [0.05, 0.1) is 10.2 Å². The predicted molar refractivity (Wildman–Crippen MR) is 76.9 cm³/mol. The van der Waals surface area contributed by atoms with Crippen LogP contribution in [0.1, 0.15) is 17.8 Å². The first-order valence-electron chi connectivity index (χ1n) is 6.77. The molecule has 0 radical (unpaired) electrons. The average molecular weight is 279 g/mol. The van der Waals surface area contributed by atoms with Gasteiger partial charge < -0.3 is 10.6 Å². The fourth-order valence-corrected chi connectivity index (χ4v) is 3.47. The molecule has 1 aliphatic rings. The summed E-state index contributed by atoms with van der Waals surface area (Å²) in [6.07, 6.45) is 2.57. The highest BCUT2D eigenvalue weighted by Crippen LogP contribution is 2.22. The van der Waals surface area contributed by atoms with Crippen molar-refractivity contribution in [2.24, 2.45) is 5.92 Å². The van der Waals surface area contributed by atoms with Crippen LogP contribution >= 0.6 is 11.3 Å². The van der Waals surface area contributed by atoms with E-state index in [-0.39, 0.29) is 5.82 Å². The Labute approximate surface area is 116 Å². The standard InChI is InChI=1S/C14H18FN3S/c15-11-3-4-12-13(6-11)19-14(18-12)9-17-8-10-2-1-5-16-7-10/h3-4,6,10,16-17H,1-2,5,7-9H2. The van der Waals surface area contributed by atoms with Gasteiger partial charge in [0.1, 0.15) is 10.8 Å². The lowest BCUT2D eigenvalue weighted by molar-refractivity contribution is 0.360. The summed E-state index contributed by atoms with van der Waals surface area (Å²) in [6.45, 7) is 4.06. The Hall–Kier alpha value is -1.04. The number of rotatable bonds is 4. The summed E-state index contributed by atoms with van der Waals surface area (Å²) in [5.41, 5.74) is 0.891. The number of nitrogens with one attached hydrogen (secondary N) is 2. The summed E-state index contributed by atoms with van der Waals surface area (Å²) in [5, 5.41) is 7.91. The van der Waals surface area contributed by atoms with Crippen LogP contribution < -0.4 is 10.6 Å². The number of hydrogen-bond donors (Lipinski definition) is 2. The quantitative estimate of drug-likeness (QED) is 0.903. The average Bonchev–Trinajstić information content (AvgIpc) is 2.82. The zero-order chi connectivity index (χ0) is 13.1.